The number of ether oxygens (including phenoxy) is 1. The number of pyridine rings is 1. The number of nitrogens with one attached hydrogen (secondary N) is 3. The number of hydrogen-bond acceptors (Lipinski definition) is 8. The van der Waals surface area contributed by atoms with Crippen molar-refractivity contribution in [1.29, 1.82) is 0 Å². The maximum Gasteiger partial charge on any atom is 0.260 e. The van der Waals surface area contributed by atoms with Gasteiger partial charge in [0.15, 0.2) is 17.7 Å². The lowest BCUT2D eigenvalue weighted by atomic mass is 10.0. The highest BCUT2D eigenvalue weighted by molar-refractivity contribution is 6.01. The quantitative estimate of drug-likeness (QED) is 0.371. The van der Waals surface area contributed by atoms with E-state index in [1.807, 2.05) is 26.8 Å². The molecular formula is C39H55FN6O7. The fourth-order valence-corrected chi connectivity index (χ4v) is 6.87. The number of aliphatic hydroxyl groups excluding tert-OH is 1. The van der Waals surface area contributed by atoms with E-state index in [-0.39, 0.29) is 49.2 Å². The van der Waals surface area contributed by atoms with E-state index in [1.165, 1.54) is 35.9 Å². The first kappa shape index (κ1) is 41.2. The van der Waals surface area contributed by atoms with Gasteiger partial charge in [-0.25, -0.2) is 4.39 Å². The Morgan fingerprint density at radius 1 is 0.962 bits per heavy atom. The van der Waals surface area contributed by atoms with Crippen molar-refractivity contribution in [2.24, 2.45) is 5.92 Å². The molecule has 290 valence electrons. The molecule has 0 unspecified atom stereocenters. The van der Waals surface area contributed by atoms with Crippen LogP contribution in [0.2, 0.25) is 0 Å². The van der Waals surface area contributed by atoms with Gasteiger partial charge in [0, 0.05) is 51.4 Å². The average Bonchev–Trinajstić information content (AvgIpc) is 3.52. The van der Waals surface area contributed by atoms with Gasteiger partial charge in [0.25, 0.3) is 11.8 Å². The van der Waals surface area contributed by atoms with Gasteiger partial charge in [0.1, 0.15) is 18.1 Å². The van der Waals surface area contributed by atoms with Gasteiger partial charge in [0.2, 0.25) is 17.7 Å². The summed E-state index contributed by atoms with van der Waals surface area (Å²) in [6.45, 7) is 7.36. The van der Waals surface area contributed by atoms with Crippen LogP contribution >= 0.6 is 0 Å². The molecule has 0 radical (unpaired) electrons. The SMILES string of the molecule is CC(C)C[C@H]1NC(=O)c2cccc(F)c2O[C@@H](C)C(=O)NCCCCCCC[C@@H](C)NC(=O)[C@H](Cc2cccnc2)N(C)C(=O)[C@H]2C[C@H](O)CN2C1=O. The summed E-state index contributed by atoms with van der Waals surface area (Å²) in [4.78, 5) is 75.8. The second kappa shape index (κ2) is 19.5. The van der Waals surface area contributed by atoms with Crippen molar-refractivity contribution in [2.75, 3.05) is 20.1 Å². The molecule has 2 aliphatic rings. The number of aromatic nitrogens is 1. The van der Waals surface area contributed by atoms with E-state index < -0.39 is 65.5 Å². The van der Waals surface area contributed by atoms with Gasteiger partial charge in [-0.2, -0.15) is 0 Å². The molecule has 4 N–H and O–H groups in total. The molecule has 0 saturated carbocycles. The molecule has 6 atom stereocenters. The van der Waals surface area contributed by atoms with E-state index in [4.69, 9.17) is 4.74 Å². The molecule has 2 aromatic rings. The van der Waals surface area contributed by atoms with Crippen LogP contribution in [0.5, 0.6) is 5.75 Å². The van der Waals surface area contributed by atoms with Crippen LogP contribution in [0.4, 0.5) is 4.39 Å². The summed E-state index contributed by atoms with van der Waals surface area (Å²) in [5.74, 6) is -4.11. The molecule has 1 fully saturated rings. The molecule has 4 rings (SSSR count). The second-order valence-electron chi connectivity index (χ2n) is 14.7. The minimum absolute atomic E-state index is 0.0588. The Balaban J connectivity index is 1.67. The van der Waals surface area contributed by atoms with Crippen LogP contribution in [-0.4, -0.2) is 106 Å². The topological polar surface area (TPSA) is 170 Å². The Bertz CT molecular complexity index is 1580. The van der Waals surface area contributed by atoms with Crippen LogP contribution < -0.4 is 20.7 Å². The van der Waals surface area contributed by atoms with Crippen LogP contribution in [0.25, 0.3) is 0 Å². The summed E-state index contributed by atoms with van der Waals surface area (Å²) in [5, 5.41) is 19.4. The third-order valence-electron chi connectivity index (χ3n) is 9.80. The Morgan fingerprint density at radius 2 is 1.70 bits per heavy atom. The molecule has 0 spiro atoms. The lowest BCUT2D eigenvalue weighted by Gasteiger charge is -2.34. The molecule has 3 heterocycles. The van der Waals surface area contributed by atoms with Gasteiger partial charge in [-0.3, -0.25) is 29.0 Å². The molecular weight excluding hydrogens is 683 g/mol. The standard InChI is InChI=1S/C39H55FN6O7/c1-24(2)19-31-38(51)46-23-28(47)21-33(46)39(52)45(5)32(20-27-14-12-17-41-22-27)37(50)43-25(3)13-9-7-6-8-10-18-42-35(48)26(4)53-34-29(36(49)44-31)15-11-16-30(34)40/h11-12,14-17,22,24-26,28,31-33,47H,6-10,13,18-21,23H2,1-5H3,(H,42,48)(H,43,50)(H,44,49)/t25-,26+,28+,31-,32+,33-/m1/s1. The lowest BCUT2D eigenvalue weighted by Crippen LogP contribution is -2.57. The average molecular weight is 739 g/mol. The molecule has 53 heavy (non-hydrogen) atoms. The highest BCUT2D eigenvalue weighted by Crippen LogP contribution is 2.27. The molecule has 0 bridgehead atoms. The number of nitrogens with zero attached hydrogens (tertiary/aromatic N) is 3. The third-order valence-corrected chi connectivity index (χ3v) is 9.80. The number of para-hydroxylation sites is 1. The molecule has 1 aromatic carbocycles. The summed E-state index contributed by atoms with van der Waals surface area (Å²) in [7, 11) is 1.52. The molecule has 0 aliphatic carbocycles. The Hall–Kier alpha value is -4.59. The zero-order chi connectivity index (χ0) is 38.7. The Labute approximate surface area is 311 Å². The van der Waals surface area contributed by atoms with Gasteiger partial charge in [-0.05, 0) is 62.8 Å². The first-order chi connectivity index (χ1) is 25.3. The van der Waals surface area contributed by atoms with Crippen molar-refractivity contribution in [2.45, 2.75) is 122 Å². The number of likely N-dealkylation sites (N-methyl/N-ethyl adjacent to an activating group) is 1. The van der Waals surface area contributed by atoms with E-state index in [0.29, 0.717) is 6.54 Å². The normalized spacial score (nSPS) is 26.4. The zero-order valence-electron chi connectivity index (χ0n) is 31.5. The first-order valence-corrected chi connectivity index (χ1v) is 18.7. The number of hydrogen-bond donors (Lipinski definition) is 4. The Morgan fingerprint density at radius 3 is 2.42 bits per heavy atom. The van der Waals surface area contributed by atoms with Crippen molar-refractivity contribution >= 4 is 29.5 Å². The summed E-state index contributed by atoms with van der Waals surface area (Å²) in [5.41, 5.74) is 0.540. The number of fused-ring (bicyclic) bond motifs is 2. The molecule has 1 saturated heterocycles. The molecule has 14 heteroatoms. The first-order valence-electron chi connectivity index (χ1n) is 18.7. The van der Waals surface area contributed by atoms with E-state index in [9.17, 15) is 29.1 Å². The minimum Gasteiger partial charge on any atom is -0.477 e. The highest BCUT2D eigenvalue weighted by Gasteiger charge is 2.44. The predicted octanol–water partition coefficient (Wildman–Crippen LogP) is 3.14. The van der Waals surface area contributed by atoms with Gasteiger partial charge < -0.3 is 35.6 Å². The van der Waals surface area contributed by atoms with Gasteiger partial charge in [-0.15, -0.1) is 0 Å². The van der Waals surface area contributed by atoms with E-state index >= 15 is 4.39 Å². The van der Waals surface area contributed by atoms with Gasteiger partial charge in [0.05, 0.1) is 11.7 Å². The Kier molecular flexibility index (Phi) is 15.1. The summed E-state index contributed by atoms with van der Waals surface area (Å²) >= 11 is 0. The van der Waals surface area contributed by atoms with Crippen molar-refractivity contribution < 1.29 is 38.2 Å². The predicted molar refractivity (Wildman–Crippen MR) is 196 cm³/mol. The highest BCUT2D eigenvalue weighted by atomic mass is 19.1. The number of halogens is 1. The second-order valence-corrected chi connectivity index (χ2v) is 14.7. The number of carbonyl (C=O) groups is 5. The molecule has 1 aromatic heterocycles. The lowest BCUT2D eigenvalue weighted by molar-refractivity contribution is -0.147. The maximum absolute atomic E-state index is 15.2. The number of aliphatic hydroxyl groups is 1. The monoisotopic (exact) mass is 738 g/mol. The fraction of sp³-hybridized carbons (Fsp3) is 0.590. The third kappa shape index (κ3) is 11.4. The van der Waals surface area contributed by atoms with E-state index in [2.05, 4.69) is 20.9 Å². The minimum atomic E-state index is -1.16. The van der Waals surface area contributed by atoms with Crippen LogP contribution in [0, 0.1) is 11.7 Å². The van der Waals surface area contributed by atoms with Crippen molar-refractivity contribution in [3.8, 4) is 5.75 Å². The molecule has 13 nitrogen and oxygen atoms in total. The molecule has 2 aliphatic heterocycles. The number of amides is 5. The van der Waals surface area contributed by atoms with Gasteiger partial charge >= 0.3 is 0 Å². The van der Waals surface area contributed by atoms with E-state index in [1.54, 1.807) is 18.5 Å². The smallest absolute Gasteiger partial charge is 0.260 e. The van der Waals surface area contributed by atoms with Crippen LogP contribution in [0.1, 0.15) is 95.0 Å². The maximum atomic E-state index is 15.2. The van der Waals surface area contributed by atoms with Crippen LogP contribution in [0.3, 0.4) is 0 Å². The fourth-order valence-electron chi connectivity index (χ4n) is 6.87. The summed E-state index contributed by atoms with van der Waals surface area (Å²) in [6.07, 6.45) is 6.46. The van der Waals surface area contributed by atoms with Gasteiger partial charge in [-0.1, -0.05) is 51.7 Å². The van der Waals surface area contributed by atoms with Crippen LogP contribution in [-0.2, 0) is 25.6 Å². The van der Waals surface area contributed by atoms with Crippen LogP contribution in [0.15, 0.2) is 42.7 Å². The van der Waals surface area contributed by atoms with Crippen molar-refractivity contribution in [3.05, 3.63) is 59.7 Å². The number of carbonyl (C=O) groups excluding carboxylic acids is 5. The van der Waals surface area contributed by atoms with E-state index in [0.717, 1.165) is 50.2 Å². The van der Waals surface area contributed by atoms with Crippen molar-refractivity contribution in [3.63, 3.8) is 0 Å². The summed E-state index contributed by atoms with van der Waals surface area (Å²) < 4.78 is 20.9. The number of benzene rings is 1. The van der Waals surface area contributed by atoms with Crippen molar-refractivity contribution in [1.82, 2.24) is 30.7 Å². The molecule has 5 amide bonds. The largest absolute Gasteiger partial charge is 0.477 e. The summed E-state index contributed by atoms with van der Waals surface area (Å²) in [6, 6.07) is 4.00. The zero-order valence-corrected chi connectivity index (χ0v) is 31.5. The number of rotatable bonds is 4.